The number of halogens is 1. The molecule has 45 heavy (non-hydrogen) atoms. The fourth-order valence-corrected chi connectivity index (χ4v) is 6.91. The molecule has 0 saturated carbocycles. The summed E-state index contributed by atoms with van der Waals surface area (Å²) in [6.45, 7) is 13.8. The van der Waals surface area contributed by atoms with Crippen molar-refractivity contribution in [1.29, 1.82) is 0 Å². The Morgan fingerprint density at radius 2 is 1.76 bits per heavy atom. The Labute approximate surface area is 269 Å². The highest BCUT2D eigenvalue weighted by Crippen LogP contribution is 2.45. The summed E-state index contributed by atoms with van der Waals surface area (Å²) in [5.74, 6) is 0.435. The van der Waals surface area contributed by atoms with E-state index in [4.69, 9.17) is 21.1 Å². The molecule has 3 aromatic carbocycles. The summed E-state index contributed by atoms with van der Waals surface area (Å²) in [4.78, 5) is 44.2. The summed E-state index contributed by atoms with van der Waals surface area (Å²) in [7, 11) is 0. The topological polar surface area (TPSA) is 79.4 Å². The molecule has 9 heteroatoms. The highest BCUT2D eigenvalue weighted by molar-refractivity contribution is 6.34. The van der Waals surface area contributed by atoms with Gasteiger partial charge in [-0.2, -0.15) is 0 Å². The van der Waals surface area contributed by atoms with Crippen LogP contribution in [0.3, 0.4) is 0 Å². The van der Waals surface area contributed by atoms with Gasteiger partial charge in [0, 0.05) is 50.1 Å². The number of fused-ring (bicyclic) bond motifs is 2. The normalized spacial score (nSPS) is 19.2. The maximum atomic E-state index is 14.2. The van der Waals surface area contributed by atoms with Crippen molar-refractivity contribution in [3.8, 4) is 16.9 Å². The number of rotatable bonds is 5. The van der Waals surface area contributed by atoms with Gasteiger partial charge in [0.05, 0.1) is 10.7 Å². The summed E-state index contributed by atoms with van der Waals surface area (Å²) in [5, 5.41) is 2.74. The lowest BCUT2D eigenvalue weighted by Crippen LogP contribution is -2.58. The number of likely N-dealkylation sites (tertiary alicyclic amines) is 2. The molecule has 6 rings (SSSR count). The number of anilines is 1. The molecule has 3 aliphatic heterocycles. The van der Waals surface area contributed by atoms with Gasteiger partial charge in [-0.15, -0.1) is 0 Å². The second-order valence-corrected chi connectivity index (χ2v) is 13.8. The van der Waals surface area contributed by atoms with E-state index < -0.39 is 11.7 Å². The molecule has 2 saturated heterocycles. The quantitative estimate of drug-likeness (QED) is 0.288. The zero-order valence-electron chi connectivity index (χ0n) is 26.3. The number of aryl methyl sites for hydroxylation is 1. The number of carbonyl (C=O) groups excluding carboxylic acids is 3. The SMILES string of the molecule is C=CC(=O)N1CC(CN2C(=O)C(C3CCN(C(=O)OC(C)(C)C)CC3)Oc3cc(-c4cc(C)cc5ccccc45)c(Cl)cc32)C1. The molecule has 0 radical (unpaired) electrons. The van der Waals surface area contributed by atoms with Crippen molar-refractivity contribution in [2.75, 3.05) is 37.6 Å². The minimum atomic E-state index is -0.701. The Morgan fingerprint density at radius 1 is 1.04 bits per heavy atom. The van der Waals surface area contributed by atoms with Gasteiger partial charge in [-0.3, -0.25) is 9.59 Å². The van der Waals surface area contributed by atoms with Crippen LogP contribution in [0, 0.1) is 18.8 Å². The first-order valence-electron chi connectivity index (χ1n) is 15.6. The molecule has 3 aliphatic rings. The number of hydrogen-bond donors (Lipinski definition) is 0. The highest BCUT2D eigenvalue weighted by atomic mass is 35.5. The van der Waals surface area contributed by atoms with E-state index in [1.807, 2.05) is 45.0 Å². The molecule has 3 aromatic rings. The second-order valence-electron chi connectivity index (χ2n) is 13.4. The number of ether oxygens (including phenoxy) is 2. The molecule has 0 spiro atoms. The van der Waals surface area contributed by atoms with Crippen molar-refractivity contribution >= 4 is 46.0 Å². The van der Waals surface area contributed by atoms with Crippen LogP contribution in [0.1, 0.15) is 39.2 Å². The van der Waals surface area contributed by atoms with E-state index in [9.17, 15) is 14.4 Å². The monoisotopic (exact) mass is 629 g/mol. The van der Waals surface area contributed by atoms with Gasteiger partial charge in [0.1, 0.15) is 11.4 Å². The lowest BCUT2D eigenvalue weighted by molar-refractivity contribution is -0.132. The van der Waals surface area contributed by atoms with Crippen LogP contribution in [0.4, 0.5) is 10.5 Å². The lowest BCUT2D eigenvalue weighted by atomic mass is 9.88. The van der Waals surface area contributed by atoms with Crippen LogP contribution < -0.4 is 9.64 Å². The van der Waals surface area contributed by atoms with Crippen molar-refractivity contribution in [2.24, 2.45) is 11.8 Å². The standard InChI is InChI=1S/C36H40ClN3O5/c1-6-32(41)39-19-23(20-39)21-40-30-18-29(37)28(27-16-22(2)15-25-9-7-8-10-26(25)27)17-31(30)44-33(34(40)42)24-11-13-38(14-12-24)35(43)45-36(3,4)5/h6-10,15-18,23-24,33H,1,11-14,19-21H2,2-5H3. The molecule has 0 bridgehead atoms. The van der Waals surface area contributed by atoms with Gasteiger partial charge in [0.15, 0.2) is 6.10 Å². The van der Waals surface area contributed by atoms with Crippen molar-refractivity contribution in [2.45, 2.75) is 52.2 Å². The number of benzene rings is 3. The first-order chi connectivity index (χ1) is 21.4. The third-order valence-electron chi connectivity index (χ3n) is 8.90. The molecular weight excluding hydrogens is 590 g/mol. The highest BCUT2D eigenvalue weighted by Gasteiger charge is 2.44. The van der Waals surface area contributed by atoms with Gasteiger partial charge < -0.3 is 24.2 Å². The van der Waals surface area contributed by atoms with E-state index in [1.165, 1.54) is 6.08 Å². The van der Waals surface area contributed by atoms with Crippen molar-refractivity contribution in [1.82, 2.24) is 9.80 Å². The van der Waals surface area contributed by atoms with Crippen LogP contribution in [0.25, 0.3) is 21.9 Å². The van der Waals surface area contributed by atoms with Gasteiger partial charge in [-0.1, -0.05) is 54.6 Å². The maximum absolute atomic E-state index is 14.2. The largest absolute Gasteiger partial charge is 0.478 e. The predicted octanol–water partition coefficient (Wildman–Crippen LogP) is 6.85. The Bertz CT molecular complexity index is 1670. The summed E-state index contributed by atoms with van der Waals surface area (Å²) in [6, 6.07) is 16.3. The third-order valence-corrected chi connectivity index (χ3v) is 9.22. The van der Waals surface area contributed by atoms with Gasteiger partial charge in [-0.05, 0) is 80.6 Å². The van der Waals surface area contributed by atoms with Crippen molar-refractivity contribution in [3.63, 3.8) is 0 Å². The van der Waals surface area contributed by atoms with Gasteiger partial charge in [0.2, 0.25) is 5.91 Å². The van der Waals surface area contributed by atoms with Crippen molar-refractivity contribution in [3.05, 3.63) is 71.8 Å². The molecular formula is C36H40ClN3O5. The minimum absolute atomic E-state index is 0.0778. The third kappa shape index (κ3) is 6.25. The zero-order valence-corrected chi connectivity index (χ0v) is 27.1. The number of carbonyl (C=O) groups is 3. The summed E-state index contributed by atoms with van der Waals surface area (Å²) < 4.78 is 12.2. The first-order valence-corrected chi connectivity index (χ1v) is 16.0. The average molecular weight is 630 g/mol. The smallest absolute Gasteiger partial charge is 0.410 e. The van der Waals surface area contributed by atoms with E-state index in [0.29, 0.717) is 62.0 Å². The fraction of sp³-hybridized carbons (Fsp3) is 0.417. The molecule has 1 unspecified atom stereocenters. The Morgan fingerprint density at radius 3 is 2.44 bits per heavy atom. The van der Waals surface area contributed by atoms with Crippen LogP contribution in [-0.2, 0) is 14.3 Å². The number of piperidine rings is 1. The van der Waals surface area contributed by atoms with Crippen LogP contribution in [0.15, 0.2) is 61.2 Å². The maximum Gasteiger partial charge on any atom is 0.410 e. The average Bonchev–Trinajstić information content (AvgIpc) is 2.98. The predicted molar refractivity (Wildman–Crippen MR) is 177 cm³/mol. The number of nitrogens with zero attached hydrogens (tertiary/aromatic N) is 3. The molecule has 0 aromatic heterocycles. The second kappa shape index (κ2) is 12.0. The first kappa shape index (κ1) is 31.0. The summed E-state index contributed by atoms with van der Waals surface area (Å²) in [5.41, 5.74) is 3.03. The molecule has 2 fully saturated rings. The van der Waals surface area contributed by atoms with E-state index in [1.54, 1.807) is 14.7 Å². The molecule has 8 nitrogen and oxygen atoms in total. The zero-order chi connectivity index (χ0) is 32.0. The molecule has 236 valence electrons. The fourth-order valence-electron chi connectivity index (χ4n) is 6.65. The number of hydrogen-bond acceptors (Lipinski definition) is 5. The summed E-state index contributed by atoms with van der Waals surface area (Å²) in [6.07, 6.45) is 1.52. The number of amides is 3. The van der Waals surface area contributed by atoms with E-state index in [0.717, 1.165) is 27.5 Å². The summed E-state index contributed by atoms with van der Waals surface area (Å²) >= 11 is 7.00. The molecule has 0 aliphatic carbocycles. The van der Waals surface area contributed by atoms with Crippen LogP contribution >= 0.6 is 11.6 Å². The lowest BCUT2D eigenvalue weighted by Gasteiger charge is -2.45. The van der Waals surface area contributed by atoms with E-state index >= 15 is 0 Å². The van der Waals surface area contributed by atoms with Gasteiger partial charge >= 0.3 is 6.09 Å². The van der Waals surface area contributed by atoms with E-state index in [2.05, 4.69) is 37.8 Å². The van der Waals surface area contributed by atoms with Crippen LogP contribution in [0.5, 0.6) is 5.75 Å². The van der Waals surface area contributed by atoms with Gasteiger partial charge in [0.25, 0.3) is 5.91 Å². The molecule has 3 heterocycles. The molecule has 1 atom stereocenters. The van der Waals surface area contributed by atoms with Crippen molar-refractivity contribution < 1.29 is 23.9 Å². The van der Waals surface area contributed by atoms with E-state index in [-0.39, 0.29) is 29.7 Å². The molecule has 0 N–H and O–H groups in total. The Kier molecular flexibility index (Phi) is 8.29. The minimum Gasteiger partial charge on any atom is -0.478 e. The Hall–Kier alpha value is -4.04. The Balaban J connectivity index is 1.32. The molecule has 3 amide bonds. The van der Waals surface area contributed by atoms with Crippen LogP contribution in [-0.4, -0.2) is 72.1 Å². The van der Waals surface area contributed by atoms with Gasteiger partial charge in [-0.25, -0.2) is 4.79 Å². The van der Waals surface area contributed by atoms with Crippen LogP contribution in [0.2, 0.25) is 5.02 Å².